The molecule has 0 amide bonds. The van der Waals surface area contributed by atoms with Crippen molar-refractivity contribution in [2.75, 3.05) is 40.1 Å². The van der Waals surface area contributed by atoms with Crippen LogP contribution in [0.4, 0.5) is 0 Å². The maximum absolute atomic E-state index is 11.7. The summed E-state index contributed by atoms with van der Waals surface area (Å²) in [7, 11) is 1.47. The monoisotopic (exact) mass is 358 g/mol. The van der Waals surface area contributed by atoms with E-state index in [1.165, 1.54) is 38.6 Å². The third-order valence-electron chi connectivity index (χ3n) is 6.75. The standard InChI is InChI=1S/C20H26N2O4/c1-24-18(23)6-9-22-11-15(14-2-3-16-17(10-14)26-12-25-16)20-19(22)13-4-7-21(20)8-5-13/h2-3,10,13,15,19-20H,4-9,11-12H2,1H3/t15-,19+,20+/m0/s1. The van der Waals surface area contributed by atoms with Gasteiger partial charge in [-0.2, -0.15) is 0 Å². The number of hydrogen-bond donors (Lipinski definition) is 0. The van der Waals surface area contributed by atoms with Crippen molar-refractivity contribution < 1.29 is 19.0 Å². The number of ether oxygens (including phenoxy) is 3. The molecule has 0 spiro atoms. The van der Waals surface area contributed by atoms with Crippen molar-refractivity contribution in [3.63, 3.8) is 0 Å². The minimum absolute atomic E-state index is 0.116. The SMILES string of the molecule is COC(=O)CCN1C[C@@H](c2ccc3c(c2)OCO3)[C@@H]2[C@H]1C1CCN2CC1. The molecule has 0 aliphatic carbocycles. The van der Waals surface area contributed by atoms with Gasteiger partial charge < -0.3 is 14.2 Å². The van der Waals surface area contributed by atoms with Gasteiger partial charge in [0.2, 0.25) is 6.79 Å². The Hall–Kier alpha value is -1.79. The Balaban J connectivity index is 1.43. The van der Waals surface area contributed by atoms with E-state index in [9.17, 15) is 4.79 Å². The van der Waals surface area contributed by atoms with Crippen molar-refractivity contribution in [1.82, 2.24) is 9.80 Å². The molecule has 1 aromatic rings. The molecule has 6 rings (SSSR count). The lowest BCUT2D eigenvalue weighted by Gasteiger charge is -2.51. The van der Waals surface area contributed by atoms with E-state index in [0.29, 0.717) is 31.2 Å². The van der Waals surface area contributed by atoms with Crippen LogP contribution in [0.5, 0.6) is 11.5 Å². The molecule has 6 heteroatoms. The van der Waals surface area contributed by atoms with Gasteiger partial charge in [-0.15, -0.1) is 0 Å². The fourth-order valence-corrected chi connectivity index (χ4v) is 5.57. The van der Waals surface area contributed by atoms with Crippen molar-refractivity contribution in [3.8, 4) is 11.5 Å². The lowest BCUT2D eigenvalue weighted by atomic mass is 9.75. The van der Waals surface area contributed by atoms with Crippen molar-refractivity contribution in [2.24, 2.45) is 5.92 Å². The quantitative estimate of drug-likeness (QED) is 0.766. The third kappa shape index (κ3) is 2.58. The number of rotatable bonds is 4. The molecule has 5 aliphatic heterocycles. The van der Waals surface area contributed by atoms with Gasteiger partial charge in [-0.05, 0) is 49.5 Å². The molecule has 0 saturated carbocycles. The number of benzene rings is 1. The van der Waals surface area contributed by atoms with Gasteiger partial charge in [-0.1, -0.05) is 6.07 Å². The summed E-state index contributed by atoms with van der Waals surface area (Å²) < 4.78 is 15.9. The van der Waals surface area contributed by atoms with E-state index in [-0.39, 0.29) is 5.97 Å². The number of esters is 1. The first-order valence-electron chi connectivity index (χ1n) is 9.69. The van der Waals surface area contributed by atoms with Gasteiger partial charge in [-0.3, -0.25) is 14.6 Å². The van der Waals surface area contributed by atoms with Crippen LogP contribution < -0.4 is 9.47 Å². The molecule has 2 bridgehead atoms. The Morgan fingerprint density at radius 1 is 1.19 bits per heavy atom. The summed E-state index contributed by atoms with van der Waals surface area (Å²) in [6.45, 7) is 4.52. The number of likely N-dealkylation sites (tertiary alicyclic amines) is 1. The molecule has 1 aromatic carbocycles. The maximum Gasteiger partial charge on any atom is 0.306 e. The van der Waals surface area contributed by atoms with Crippen LogP contribution in [0.3, 0.4) is 0 Å². The van der Waals surface area contributed by atoms with Gasteiger partial charge in [-0.25, -0.2) is 0 Å². The summed E-state index contributed by atoms with van der Waals surface area (Å²) in [6.07, 6.45) is 3.04. The minimum atomic E-state index is -0.116. The van der Waals surface area contributed by atoms with Gasteiger partial charge in [0.1, 0.15) is 0 Å². The largest absolute Gasteiger partial charge is 0.469 e. The Morgan fingerprint density at radius 3 is 2.81 bits per heavy atom. The second-order valence-electron chi connectivity index (χ2n) is 7.89. The average molecular weight is 358 g/mol. The number of hydrogen-bond acceptors (Lipinski definition) is 6. The first-order chi connectivity index (χ1) is 12.7. The Labute approximate surface area is 154 Å². The highest BCUT2D eigenvalue weighted by atomic mass is 16.7. The van der Waals surface area contributed by atoms with E-state index >= 15 is 0 Å². The highest BCUT2D eigenvalue weighted by molar-refractivity contribution is 5.69. The van der Waals surface area contributed by atoms with Crippen LogP contribution >= 0.6 is 0 Å². The second kappa shape index (κ2) is 6.43. The molecule has 6 nitrogen and oxygen atoms in total. The van der Waals surface area contributed by atoms with E-state index in [1.807, 2.05) is 6.07 Å². The summed E-state index contributed by atoms with van der Waals surface area (Å²) >= 11 is 0. The van der Waals surface area contributed by atoms with E-state index in [4.69, 9.17) is 14.2 Å². The van der Waals surface area contributed by atoms with Crippen LogP contribution in [-0.4, -0.2) is 67.9 Å². The normalized spacial score (nSPS) is 34.7. The van der Waals surface area contributed by atoms with Crippen LogP contribution in [0.2, 0.25) is 0 Å². The van der Waals surface area contributed by atoms with Gasteiger partial charge in [0.15, 0.2) is 11.5 Å². The summed E-state index contributed by atoms with van der Waals surface area (Å²) in [5.41, 5.74) is 1.33. The first-order valence-corrected chi connectivity index (χ1v) is 9.69. The van der Waals surface area contributed by atoms with Crippen LogP contribution in [0.15, 0.2) is 18.2 Å². The van der Waals surface area contributed by atoms with Gasteiger partial charge in [0.05, 0.1) is 13.5 Å². The third-order valence-corrected chi connectivity index (χ3v) is 6.75. The second-order valence-corrected chi connectivity index (χ2v) is 7.89. The summed E-state index contributed by atoms with van der Waals surface area (Å²) in [4.78, 5) is 16.9. The number of methoxy groups -OCH3 is 1. The molecule has 4 fully saturated rings. The fraction of sp³-hybridized carbons (Fsp3) is 0.650. The van der Waals surface area contributed by atoms with E-state index in [0.717, 1.165) is 30.5 Å². The molecule has 0 radical (unpaired) electrons. The lowest BCUT2D eigenvalue weighted by molar-refractivity contribution is -0.141. The number of piperidine rings is 3. The van der Waals surface area contributed by atoms with Crippen molar-refractivity contribution >= 4 is 5.97 Å². The van der Waals surface area contributed by atoms with Gasteiger partial charge in [0.25, 0.3) is 0 Å². The molecule has 5 heterocycles. The molecule has 0 N–H and O–H groups in total. The van der Waals surface area contributed by atoms with Crippen LogP contribution in [0, 0.1) is 5.92 Å². The van der Waals surface area contributed by atoms with Crippen molar-refractivity contribution in [2.45, 2.75) is 37.3 Å². The predicted octanol–water partition coefficient (Wildman–Crippen LogP) is 1.84. The van der Waals surface area contributed by atoms with Gasteiger partial charge in [0, 0.05) is 31.1 Å². The first kappa shape index (κ1) is 16.4. The number of carbonyl (C=O) groups excluding carboxylic acids is 1. The smallest absolute Gasteiger partial charge is 0.306 e. The molecule has 140 valence electrons. The molecule has 26 heavy (non-hydrogen) atoms. The zero-order valence-electron chi connectivity index (χ0n) is 15.2. The van der Waals surface area contributed by atoms with Crippen molar-refractivity contribution in [3.05, 3.63) is 23.8 Å². The molecule has 4 saturated heterocycles. The zero-order valence-corrected chi connectivity index (χ0v) is 15.2. The Morgan fingerprint density at radius 2 is 2.00 bits per heavy atom. The van der Waals surface area contributed by atoms with Crippen LogP contribution in [-0.2, 0) is 9.53 Å². The highest BCUT2D eigenvalue weighted by Gasteiger charge is 2.53. The molecule has 3 atom stereocenters. The van der Waals surface area contributed by atoms with Gasteiger partial charge >= 0.3 is 5.97 Å². The average Bonchev–Trinajstić information content (AvgIpc) is 3.32. The molecule has 0 aromatic heterocycles. The zero-order chi connectivity index (χ0) is 17.7. The molecular formula is C20H26N2O4. The maximum atomic E-state index is 11.7. The number of fused-ring (bicyclic) bond motifs is 3. The van der Waals surface area contributed by atoms with E-state index < -0.39 is 0 Å². The summed E-state index contributed by atoms with van der Waals surface area (Å²) in [6, 6.07) is 7.50. The Kier molecular flexibility index (Phi) is 4.05. The summed E-state index contributed by atoms with van der Waals surface area (Å²) in [5, 5.41) is 0. The predicted molar refractivity (Wildman–Crippen MR) is 95.4 cm³/mol. The fourth-order valence-electron chi connectivity index (χ4n) is 5.57. The molecular weight excluding hydrogens is 332 g/mol. The van der Waals surface area contributed by atoms with Crippen molar-refractivity contribution in [1.29, 1.82) is 0 Å². The highest BCUT2D eigenvalue weighted by Crippen LogP contribution is 2.47. The van der Waals surface area contributed by atoms with Crippen LogP contribution in [0.1, 0.15) is 30.7 Å². The van der Waals surface area contributed by atoms with Crippen LogP contribution in [0.25, 0.3) is 0 Å². The number of carbonyl (C=O) groups is 1. The lowest BCUT2D eigenvalue weighted by Crippen LogP contribution is -2.60. The summed E-state index contributed by atoms with van der Waals surface area (Å²) in [5.74, 6) is 2.80. The van der Waals surface area contributed by atoms with E-state index in [1.54, 1.807) is 0 Å². The van der Waals surface area contributed by atoms with E-state index in [2.05, 4.69) is 21.9 Å². The minimum Gasteiger partial charge on any atom is -0.469 e. The Bertz CT molecular complexity index is 701. The molecule has 5 aliphatic rings. The number of nitrogens with zero attached hydrogens (tertiary/aromatic N) is 2. The topological polar surface area (TPSA) is 51.2 Å². The molecule has 0 unspecified atom stereocenters.